The molecule has 1 saturated heterocycles. The van der Waals surface area contributed by atoms with Crippen LogP contribution in [0.15, 0.2) is 48.5 Å². The molecule has 1 atom stereocenters. The maximum atomic E-state index is 13.3. The van der Waals surface area contributed by atoms with Crippen LogP contribution < -0.4 is 5.32 Å². The van der Waals surface area contributed by atoms with Gasteiger partial charge in [0.15, 0.2) is 0 Å². The van der Waals surface area contributed by atoms with Gasteiger partial charge in [-0.1, -0.05) is 18.2 Å². The number of amides is 1. The van der Waals surface area contributed by atoms with Crippen LogP contribution in [-0.2, 0) is 4.74 Å². The molecule has 142 valence electrons. The largest absolute Gasteiger partial charge is 0.379 e. The van der Waals surface area contributed by atoms with E-state index in [9.17, 15) is 19.3 Å². The van der Waals surface area contributed by atoms with Gasteiger partial charge in [0.05, 0.1) is 24.2 Å². The molecule has 0 saturated carbocycles. The first-order valence-electron chi connectivity index (χ1n) is 8.64. The summed E-state index contributed by atoms with van der Waals surface area (Å²) in [5, 5.41) is 13.7. The summed E-state index contributed by atoms with van der Waals surface area (Å²) in [6.07, 6.45) is 0. The molecule has 7 nitrogen and oxygen atoms in total. The first kappa shape index (κ1) is 18.9. The standard InChI is InChI=1S/C19H20FN3O4/c20-16-6-4-14(5-7-16)18(22-8-10-27-11-9-22)13-21-19(24)15-2-1-3-17(12-15)23(25)26/h1-7,12,18H,8-11,13H2,(H,21,24)/t18-/m1/s1. The fourth-order valence-electron chi connectivity index (χ4n) is 3.08. The maximum Gasteiger partial charge on any atom is 0.270 e. The SMILES string of the molecule is O=C(NC[C@H](c1ccc(F)cc1)N1CCOCC1)c1cccc([N+](=O)[O-])c1. The zero-order valence-electron chi connectivity index (χ0n) is 14.6. The van der Waals surface area contributed by atoms with Crippen molar-refractivity contribution in [3.8, 4) is 0 Å². The number of nitro benzene ring substituents is 1. The molecule has 0 aliphatic carbocycles. The minimum absolute atomic E-state index is 0.133. The van der Waals surface area contributed by atoms with Crippen molar-refractivity contribution in [1.82, 2.24) is 10.2 Å². The Kier molecular flexibility index (Phi) is 6.10. The van der Waals surface area contributed by atoms with Gasteiger partial charge in [0.1, 0.15) is 5.82 Å². The van der Waals surface area contributed by atoms with Crippen molar-refractivity contribution in [3.63, 3.8) is 0 Å². The monoisotopic (exact) mass is 373 g/mol. The van der Waals surface area contributed by atoms with Gasteiger partial charge in [-0.3, -0.25) is 19.8 Å². The lowest BCUT2D eigenvalue weighted by Gasteiger charge is -2.35. The highest BCUT2D eigenvalue weighted by atomic mass is 19.1. The lowest BCUT2D eigenvalue weighted by atomic mass is 10.0. The second-order valence-electron chi connectivity index (χ2n) is 6.23. The number of benzene rings is 2. The van der Waals surface area contributed by atoms with Crippen LogP contribution in [0, 0.1) is 15.9 Å². The normalized spacial score (nSPS) is 15.9. The van der Waals surface area contributed by atoms with Gasteiger partial charge in [-0.15, -0.1) is 0 Å². The summed E-state index contributed by atoms with van der Waals surface area (Å²) in [7, 11) is 0. The van der Waals surface area contributed by atoms with Crippen LogP contribution in [0.25, 0.3) is 0 Å². The minimum Gasteiger partial charge on any atom is -0.379 e. The van der Waals surface area contributed by atoms with E-state index >= 15 is 0 Å². The zero-order chi connectivity index (χ0) is 19.2. The lowest BCUT2D eigenvalue weighted by molar-refractivity contribution is -0.384. The Hall–Kier alpha value is -2.84. The maximum absolute atomic E-state index is 13.3. The van der Waals surface area contributed by atoms with Crippen LogP contribution >= 0.6 is 0 Å². The number of carbonyl (C=O) groups is 1. The topological polar surface area (TPSA) is 84.7 Å². The highest BCUT2D eigenvalue weighted by Crippen LogP contribution is 2.22. The van der Waals surface area contributed by atoms with E-state index in [1.54, 1.807) is 12.1 Å². The number of nitro groups is 1. The summed E-state index contributed by atoms with van der Waals surface area (Å²) in [5.74, 6) is -0.709. The van der Waals surface area contributed by atoms with Crippen LogP contribution in [0.4, 0.5) is 10.1 Å². The summed E-state index contributed by atoms with van der Waals surface area (Å²) in [6.45, 7) is 2.89. The fraction of sp³-hybridized carbons (Fsp3) is 0.316. The molecule has 2 aromatic carbocycles. The van der Waals surface area contributed by atoms with Crippen LogP contribution in [-0.4, -0.2) is 48.6 Å². The smallest absolute Gasteiger partial charge is 0.270 e. The number of rotatable bonds is 6. The Morgan fingerprint density at radius 1 is 1.22 bits per heavy atom. The molecular formula is C19H20FN3O4. The van der Waals surface area contributed by atoms with E-state index in [0.717, 1.165) is 5.56 Å². The van der Waals surface area contributed by atoms with Gasteiger partial charge in [-0.2, -0.15) is 0 Å². The number of halogens is 1. The van der Waals surface area contributed by atoms with E-state index in [-0.39, 0.29) is 29.0 Å². The molecule has 1 aliphatic rings. The molecular weight excluding hydrogens is 353 g/mol. The van der Waals surface area contributed by atoms with Gasteiger partial charge in [-0.05, 0) is 23.8 Å². The van der Waals surface area contributed by atoms with Gasteiger partial charge in [0.2, 0.25) is 0 Å². The fourth-order valence-corrected chi connectivity index (χ4v) is 3.08. The Morgan fingerprint density at radius 3 is 2.59 bits per heavy atom. The van der Waals surface area contributed by atoms with E-state index in [0.29, 0.717) is 32.8 Å². The number of morpholine rings is 1. The molecule has 1 aliphatic heterocycles. The van der Waals surface area contributed by atoms with Crippen molar-refractivity contribution in [1.29, 1.82) is 0 Å². The van der Waals surface area contributed by atoms with Crippen LogP contribution in [0.3, 0.4) is 0 Å². The van der Waals surface area contributed by atoms with E-state index in [2.05, 4.69) is 10.2 Å². The number of nitrogens with one attached hydrogen (secondary N) is 1. The summed E-state index contributed by atoms with van der Waals surface area (Å²) >= 11 is 0. The number of hydrogen-bond acceptors (Lipinski definition) is 5. The number of carbonyl (C=O) groups excluding carboxylic acids is 1. The van der Waals surface area contributed by atoms with E-state index in [1.807, 2.05) is 0 Å². The third-order valence-corrected chi connectivity index (χ3v) is 4.52. The lowest BCUT2D eigenvalue weighted by Crippen LogP contribution is -2.43. The zero-order valence-corrected chi connectivity index (χ0v) is 14.6. The number of non-ortho nitro benzene ring substituents is 1. The summed E-state index contributed by atoms with van der Waals surface area (Å²) in [5.41, 5.74) is 0.979. The molecule has 1 fully saturated rings. The molecule has 3 rings (SSSR count). The number of ether oxygens (including phenoxy) is 1. The predicted octanol–water partition coefficient (Wildman–Crippen LogP) is 2.54. The highest BCUT2D eigenvalue weighted by molar-refractivity contribution is 5.94. The number of hydrogen-bond donors (Lipinski definition) is 1. The molecule has 27 heavy (non-hydrogen) atoms. The Balaban J connectivity index is 1.73. The third-order valence-electron chi connectivity index (χ3n) is 4.52. The first-order chi connectivity index (χ1) is 13.0. The van der Waals surface area contributed by atoms with Gasteiger partial charge in [0.25, 0.3) is 11.6 Å². The molecule has 0 bridgehead atoms. The molecule has 0 spiro atoms. The summed E-state index contributed by atoms with van der Waals surface area (Å²) in [4.78, 5) is 25.0. The van der Waals surface area contributed by atoms with Gasteiger partial charge in [-0.25, -0.2) is 4.39 Å². The molecule has 1 heterocycles. The van der Waals surface area contributed by atoms with Crippen molar-refractivity contribution in [2.75, 3.05) is 32.8 Å². The van der Waals surface area contributed by atoms with Crippen molar-refractivity contribution in [3.05, 3.63) is 75.6 Å². The van der Waals surface area contributed by atoms with Crippen molar-refractivity contribution in [2.45, 2.75) is 6.04 Å². The van der Waals surface area contributed by atoms with Crippen molar-refractivity contribution < 1.29 is 18.8 Å². The second kappa shape index (κ2) is 8.70. The number of nitrogens with zero attached hydrogens (tertiary/aromatic N) is 2. The van der Waals surface area contributed by atoms with Gasteiger partial charge < -0.3 is 10.1 Å². The Labute approximate surface area is 155 Å². The second-order valence-corrected chi connectivity index (χ2v) is 6.23. The minimum atomic E-state index is -0.536. The third kappa shape index (κ3) is 4.87. The Morgan fingerprint density at radius 2 is 1.93 bits per heavy atom. The highest BCUT2D eigenvalue weighted by Gasteiger charge is 2.23. The molecule has 8 heteroatoms. The van der Waals surface area contributed by atoms with Crippen molar-refractivity contribution in [2.24, 2.45) is 0 Å². The van der Waals surface area contributed by atoms with E-state index in [4.69, 9.17) is 4.74 Å². The Bertz CT molecular complexity index is 807. The average Bonchev–Trinajstić information content (AvgIpc) is 2.70. The summed E-state index contributed by atoms with van der Waals surface area (Å²) < 4.78 is 18.7. The summed E-state index contributed by atoms with van der Waals surface area (Å²) in [6, 6.07) is 11.6. The van der Waals surface area contributed by atoms with E-state index in [1.165, 1.54) is 36.4 Å². The molecule has 0 unspecified atom stereocenters. The van der Waals surface area contributed by atoms with Crippen LogP contribution in [0.5, 0.6) is 0 Å². The van der Waals surface area contributed by atoms with Crippen LogP contribution in [0.1, 0.15) is 22.0 Å². The molecule has 2 aromatic rings. The van der Waals surface area contributed by atoms with Crippen molar-refractivity contribution >= 4 is 11.6 Å². The van der Waals surface area contributed by atoms with Crippen LogP contribution in [0.2, 0.25) is 0 Å². The van der Waals surface area contributed by atoms with Gasteiger partial charge in [0, 0.05) is 37.3 Å². The molecule has 1 amide bonds. The van der Waals surface area contributed by atoms with Gasteiger partial charge >= 0.3 is 0 Å². The first-order valence-corrected chi connectivity index (χ1v) is 8.64. The predicted molar refractivity (Wildman–Crippen MR) is 97.0 cm³/mol. The van der Waals surface area contributed by atoms with E-state index < -0.39 is 4.92 Å². The molecule has 1 N–H and O–H groups in total. The molecule has 0 aromatic heterocycles. The average molecular weight is 373 g/mol. The quantitative estimate of drug-likeness (QED) is 0.621. The molecule has 0 radical (unpaired) electrons.